The van der Waals surface area contributed by atoms with Gasteiger partial charge in [-0.1, -0.05) is 11.6 Å². The number of ether oxygens (including phenoxy) is 3. The van der Waals surface area contributed by atoms with E-state index in [1.54, 1.807) is 17.2 Å². The zero-order chi connectivity index (χ0) is 18.9. The molecule has 7 nitrogen and oxygen atoms in total. The maximum atomic E-state index is 6.27. The second-order valence-corrected chi connectivity index (χ2v) is 7.29. The number of fused-ring (bicyclic) bond motifs is 1. The Hall–Kier alpha value is -1.61. The van der Waals surface area contributed by atoms with Gasteiger partial charge in [-0.2, -0.15) is 5.10 Å². The van der Waals surface area contributed by atoms with Gasteiger partial charge in [0, 0.05) is 19.4 Å². The van der Waals surface area contributed by atoms with Gasteiger partial charge in [-0.15, -0.1) is 0 Å². The number of thiocarbonyl (C=S) groups is 1. The van der Waals surface area contributed by atoms with Crippen LogP contribution in [0.1, 0.15) is 18.4 Å². The van der Waals surface area contributed by atoms with E-state index in [0.29, 0.717) is 34.8 Å². The first-order valence-electron chi connectivity index (χ1n) is 9.30. The third kappa shape index (κ3) is 6.49. The van der Waals surface area contributed by atoms with E-state index in [4.69, 9.17) is 38.0 Å². The van der Waals surface area contributed by atoms with Crippen molar-refractivity contribution in [3.63, 3.8) is 0 Å². The number of nitrogens with zero attached hydrogens (tertiary/aromatic N) is 1. The fourth-order valence-corrected chi connectivity index (χ4v) is 3.41. The molecule has 1 fully saturated rings. The fourth-order valence-electron chi connectivity index (χ4n) is 2.98. The second kappa shape index (κ2) is 10.7. The number of hydrogen-bond acceptors (Lipinski definition) is 5. The van der Waals surface area contributed by atoms with Crippen LogP contribution in [0.3, 0.4) is 0 Å². The summed E-state index contributed by atoms with van der Waals surface area (Å²) in [5.74, 6) is 1.24. The van der Waals surface area contributed by atoms with Gasteiger partial charge in [0.2, 0.25) is 0 Å². The Morgan fingerprint density at radius 3 is 2.89 bits per heavy atom. The number of halogens is 1. The lowest BCUT2D eigenvalue weighted by Gasteiger charge is -2.23. The molecule has 1 aromatic carbocycles. The van der Waals surface area contributed by atoms with Crippen LogP contribution in [0.4, 0.5) is 0 Å². The number of rotatable bonds is 6. The van der Waals surface area contributed by atoms with E-state index in [1.165, 1.54) is 0 Å². The maximum absolute atomic E-state index is 6.27. The number of hydrogen-bond donors (Lipinski definition) is 3. The highest BCUT2D eigenvalue weighted by Crippen LogP contribution is 2.37. The van der Waals surface area contributed by atoms with Gasteiger partial charge >= 0.3 is 0 Å². The van der Waals surface area contributed by atoms with Crippen LogP contribution in [-0.2, 0) is 4.74 Å². The Morgan fingerprint density at radius 2 is 2.04 bits per heavy atom. The van der Waals surface area contributed by atoms with Crippen molar-refractivity contribution >= 4 is 35.1 Å². The van der Waals surface area contributed by atoms with E-state index >= 15 is 0 Å². The molecule has 0 bridgehead atoms. The molecule has 27 heavy (non-hydrogen) atoms. The van der Waals surface area contributed by atoms with E-state index in [2.05, 4.69) is 15.8 Å². The largest absolute Gasteiger partial charge is 0.489 e. The Kier molecular flexibility index (Phi) is 7.94. The first-order chi connectivity index (χ1) is 13.2. The monoisotopic (exact) mass is 413 g/mol. The standard InChI is InChI=1S/C18H25ClN4O3S/c19-15-11-14(12-16-17(15)26-8-2-7-25-16)13-21-22-18(27)20-3-1-4-23-5-9-24-10-6-23/h11-13H,1-10H2,(H2,20,22,27)/p+1/b21-13-. The van der Waals surface area contributed by atoms with Crippen LogP contribution >= 0.6 is 23.8 Å². The Bertz CT molecular complexity index is 668. The van der Waals surface area contributed by atoms with Gasteiger partial charge < -0.3 is 24.4 Å². The molecule has 0 spiro atoms. The molecule has 0 amide bonds. The van der Waals surface area contributed by atoms with Crippen molar-refractivity contribution in [3.05, 3.63) is 22.7 Å². The summed E-state index contributed by atoms with van der Waals surface area (Å²) >= 11 is 11.5. The maximum Gasteiger partial charge on any atom is 0.186 e. The molecule has 2 aliphatic rings. The van der Waals surface area contributed by atoms with E-state index < -0.39 is 0 Å². The molecule has 0 saturated carbocycles. The highest BCUT2D eigenvalue weighted by molar-refractivity contribution is 7.80. The summed E-state index contributed by atoms with van der Waals surface area (Å²) < 4.78 is 16.7. The molecule has 2 aliphatic heterocycles. The molecule has 3 rings (SSSR count). The summed E-state index contributed by atoms with van der Waals surface area (Å²) in [7, 11) is 0. The third-order valence-electron chi connectivity index (χ3n) is 4.40. The lowest BCUT2D eigenvalue weighted by atomic mass is 10.2. The summed E-state index contributed by atoms with van der Waals surface area (Å²) in [6.07, 6.45) is 3.55. The molecule has 0 aromatic heterocycles. The number of morpholine rings is 1. The summed E-state index contributed by atoms with van der Waals surface area (Å²) in [5, 5.41) is 8.36. The fraction of sp³-hybridized carbons (Fsp3) is 0.556. The molecule has 0 unspecified atom stereocenters. The minimum absolute atomic E-state index is 0.503. The summed E-state index contributed by atoms with van der Waals surface area (Å²) in [6.45, 7) is 7.06. The number of hydrazone groups is 1. The molecule has 0 atom stereocenters. The van der Waals surface area contributed by atoms with E-state index in [-0.39, 0.29) is 0 Å². The topological polar surface area (TPSA) is 68.5 Å². The molecule has 148 valence electrons. The van der Waals surface area contributed by atoms with Crippen LogP contribution in [-0.4, -0.2) is 63.9 Å². The van der Waals surface area contributed by atoms with Crippen LogP contribution in [0, 0.1) is 0 Å². The van der Waals surface area contributed by atoms with Crippen molar-refractivity contribution in [2.24, 2.45) is 5.10 Å². The van der Waals surface area contributed by atoms with Crippen molar-refractivity contribution in [3.8, 4) is 11.5 Å². The lowest BCUT2D eigenvalue weighted by Crippen LogP contribution is -3.14. The molecule has 1 aromatic rings. The van der Waals surface area contributed by atoms with E-state index in [0.717, 1.165) is 57.8 Å². The van der Waals surface area contributed by atoms with Crippen molar-refractivity contribution in [2.75, 3.05) is 52.6 Å². The SMILES string of the molecule is S=C(NCCC[NH+]1CCOCC1)N/N=C\c1cc(Cl)c2c(c1)OCCCO2. The highest BCUT2D eigenvalue weighted by Gasteiger charge is 2.15. The molecule has 0 radical (unpaired) electrons. The minimum atomic E-state index is 0.503. The van der Waals surface area contributed by atoms with Gasteiger partial charge in [0.25, 0.3) is 0 Å². The van der Waals surface area contributed by atoms with E-state index in [9.17, 15) is 0 Å². The second-order valence-electron chi connectivity index (χ2n) is 6.47. The van der Waals surface area contributed by atoms with Gasteiger partial charge in [-0.25, -0.2) is 0 Å². The average Bonchev–Trinajstić information content (AvgIpc) is 2.92. The molecule has 2 heterocycles. The number of quaternary nitrogens is 1. The van der Waals surface area contributed by atoms with Gasteiger partial charge in [-0.3, -0.25) is 5.43 Å². The van der Waals surface area contributed by atoms with Crippen LogP contribution in [0.25, 0.3) is 0 Å². The van der Waals surface area contributed by atoms with Crippen LogP contribution in [0.15, 0.2) is 17.2 Å². The Balaban J connectivity index is 1.40. The van der Waals surface area contributed by atoms with E-state index in [1.807, 2.05) is 6.07 Å². The molecule has 1 saturated heterocycles. The minimum Gasteiger partial charge on any atom is -0.489 e. The van der Waals surface area contributed by atoms with Gasteiger partial charge in [0.15, 0.2) is 16.6 Å². The first-order valence-corrected chi connectivity index (χ1v) is 10.1. The molecule has 0 aliphatic carbocycles. The predicted octanol–water partition coefficient (Wildman–Crippen LogP) is 0.605. The van der Waals surface area contributed by atoms with Gasteiger partial charge in [0.1, 0.15) is 13.1 Å². The van der Waals surface area contributed by atoms with Gasteiger partial charge in [-0.05, 0) is 29.9 Å². The highest BCUT2D eigenvalue weighted by atomic mass is 35.5. The van der Waals surface area contributed by atoms with Crippen LogP contribution in [0.5, 0.6) is 11.5 Å². The summed E-state index contributed by atoms with van der Waals surface area (Å²) in [5.41, 5.74) is 3.64. The average molecular weight is 414 g/mol. The normalized spacial score (nSPS) is 17.5. The van der Waals surface area contributed by atoms with Crippen LogP contribution in [0.2, 0.25) is 5.02 Å². The van der Waals surface area contributed by atoms with Crippen LogP contribution < -0.4 is 25.1 Å². The first kappa shape index (κ1) is 20.1. The summed E-state index contributed by atoms with van der Waals surface area (Å²) in [6, 6.07) is 3.65. The smallest absolute Gasteiger partial charge is 0.186 e. The lowest BCUT2D eigenvalue weighted by molar-refractivity contribution is -0.908. The Labute approximate surface area is 170 Å². The van der Waals surface area contributed by atoms with Crippen molar-refractivity contribution in [1.82, 2.24) is 10.7 Å². The quantitative estimate of drug-likeness (QED) is 0.275. The molecule has 9 heteroatoms. The summed E-state index contributed by atoms with van der Waals surface area (Å²) in [4.78, 5) is 1.59. The molecular formula is C18H26ClN4O3S+. The zero-order valence-corrected chi connectivity index (χ0v) is 16.8. The Morgan fingerprint density at radius 1 is 1.22 bits per heavy atom. The van der Waals surface area contributed by atoms with Crippen molar-refractivity contribution in [2.45, 2.75) is 12.8 Å². The predicted molar refractivity (Wildman–Crippen MR) is 109 cm³/mol. The van der Waals surface area contributed by atoms with Gasteiger partial charge in [0.05, 0.1) is 44.2 Å². The number of benzene rings is 1. The zero-order valence-electron chi connectivity index (χ0n) is 15.3. The molecular weight excluding hydrogens is 388 g/mol. The van der Waals surface area contributed by atoms with Crippen molar-refractivity contribution < 1.29 is 19.1 Å². The molecule has 3 N–H and O–H groups in total. The number of nitrogens with one attached hydrogen (secondary N) is 3. The van der Waals surface area contributed by atoms with Crippen molar-refractivity contribution in [1.29, 1.82) is 0 Å². The third-order valence-corrected chi connectivity index (χ3v) is 4.91.